The zero-order valence-electron chi connectivity index (χ0n) is 11.1. The van der Waals surface area contributed by atoms with E-state index in [1.807, 2.05) is 12.1 Å². The summed E-state index contributed by atoms with van der Waals surface area (Å²) in [5.74, 6) is 0.131. The van der Waals surface area contributed by atoms with Crippen LogP contribution < -0.4 is 0 Å². The Balaban J connectivity index is 2.91. The van der Waals surface area contributed by atoms with Gasteiger partial charge in [0, 0.05) is 5.56 Å². The second-order valence-electron chi connectivity index (χ2n) is 4.40. The van der Waals surface area contributed by atoms with Crippen LogP contribution in [0.5, 0.6) is 0 Å². The third kappa shape index (κ3) is 4.18. The zero-order valence-corrected chi connectivity index (χ0v) is 11.1. The number of rotatable bonds is 6. The van der Waals surface area contributed by atoms with Gasteiger partial charge in [0.1, 0.15) is 0 Å². The van der Waals surface area contributed by atoms with Crippen LogP contribution in [0.4, 0.5) is 0 Å². The molecule has 0 heterocycles. The monoisotopic (exact) mass is 230 g/mol. The molecule has 0 fully saturated rings. The number of ketones is 1. The van der Waals surface area contributed by atoms with Gasteiger partial charge in [0.25, 0.3) is 0 Å². The summed E-state index contributed by atoms with van der Waals surface area (Å²) in [7, 11) is 0. The molecule has 17 heavy (non-hydrogen) atoms. The zero-order chi connectivity index (χ0) is 12.7. The van der Waals surface area contributed by atoms with Crippen LogP contribution in [0.3, 0.4) is 0 Å². The standard InChI is InChI=1S/C16H22O/c1-4-6-8-15(7-5-2)16-11-9-14(10-12-16)13(3)17/h8-12H,4-7H2,1-3H3/b15-8-. The van der Waals surface area contributed by atoms with E-state index in [9.17, 15) is 4.79 Å². The predicted molar refractivity (Wildman–Crippen MR) is 74.2 cm³/mol. The molecule has 0 aliphatic heterocycles. The van der Waals surface area contributed by atoms with Crippen LogP contribution in [-0.4, -0.2) is 5.78 Å². The normalized spacial score (nSPS) is 11.6. The summed E-state index contributed by atoms with van der Waals surface area (Å²) < 4.78 is 0. The molecule has 1 aromatic rings. The van der Waals surface area contributed by atoms with E-state index in [0.29, 0.717) is 0 Å². The number of carbonyl (C=O) groups is 1. The highest BCUT2D eigenvalue weighted by molar-refractivity contribution is 5.94. The first-order chi connectivity index (χ1) is 8.19. The summed E-state index contributed by atoms with van der Waals surface area (Å²) in [5, 5.41) is 0. The predicted octanol–water partition coefficient (Wildman–Crippen LogP) is 4.87. The fourth-order valence-corrected chi connectivity index (χ4v) is 1.87. The van der Waals surface area contributed by atoms with E-state index in [-0.39, 0.29) is 5.78 Å². The van der Waals surface area contributed by atoms with Crippen molar-refractivity contribution >= 4 is 11.4 Å². The average Bonchev–Trinajstić information content (AvgIpc) is 2.34. The van der Waals surface area contributed by atoms with E-state index in [1.165, 1.54) is 17.6 Å². The van der Waals surface area contributed by atoms with Crippen LogP contribution in [0, 0.1) is 0 Å². The lowest BCUT2D eigenvalue weighted by atomic mass is 9.98. The molecule has 0 amide bonds. The number of benzene rings is 1. The van der Waals surface area contributed by atoms with Gasteiger partial charge in [-0.05, 0) is 30.9 Å². The maximum atomic E-state index is 11.2. The molecule has 0 unspecified atom stereocenters. The molecule has 1 nitrogen and oxygen atoms in total. The highest BCUT2D eigenvalue weighted by Crippen LogP contribution is 2.21. The first-order valence-electron chi connectivity index (χ1n) is 6.49. The third-order valence-corrected chi connectivity index (χ3v) is 2.86. The number of carbonyl (C=O) groups excluding carboxylic acids is 1. The average molecular weight is 230 g/mol. The quantitative estimate of drug-likeness (QED) is 0.637. The SMILES string of the molecule is CCC/C=C(/CCC)c1ccc(C(C)=O)cc1. The second-order valence-corrected chi connectivity index (χ2v) is 4.40. The van der Waals surface area contributed by atoms with Crippen molar-refractivity contribution in [3.05, 3.63) is 41.5 Å². The fourth-order valence-electron chi connectivity index (χ4n) is 1.87. The number of Topliss-reactive ketones (excluding diaryl/α,β-unsaturated/α-hetero) is 1. The maximum absolute atomic E-state index is 11.2. The van der Waals surface area contributed by atoms with E-state index in [2.05, 4.69) is 32.1 Å². The van der Waals surface area contributed by atoms with Gasteiger partial charge in [-0.15, -0.1) is 0 Å². The van der Waals surface area contributed by atoms with Crippen molar-refractivity contribution in [2.45, 2.75) is 46.5 Å². The Hall–Kier alpha value is -1.37. The molecule has 0 aliphatic rings. The molecule has 0 N–H and O–H groups in total. The molecule has 0 bridgehead atoms. The minimum absolute atomic E-state index is 0.131. The van der Waals surface area contributed by atoms with Gasteiger partial charge in [0.15, 0.2) is 5.78 Å². The highest BCUT2D eigenvalue weighted by atomic mass is 16.1. The lowest BCUT2D eigenvalue weighted by Crippen LogP contribution is -1.92. The molecule has 0 atom stereocenters. The minimum Gasteiger partial charge on any atom is -0.295 e. The number of hydrogen-bond donors (Lipinski definition) is 0. The number of unbranched alkanes of at least 4 members (excludes halogenated alkanes) is 1. The van der Waals surface area contributed by atoms with Crippen LogP contribution in [0.2, 0.25) is 0 Å². The van der Waals surface area contributed by atoms with Gasteiger partial charge in [-0.1, -0.05) is 57.0 Å². The lowest BCUT2D eigenvalue weighted by molar-refractivity contribution is 0.101. The molecular formula is C16H22O. The molecule has 0 aromatic heterocycles. The van der Waals surface area contributed by atoms with Gasteiger partial charge >= 0.3 is 0 Å². The minimum atomic E-state index is 0.131. The van der Waals surface area contributed by atoms with Crippen molar-refractivity contribution in [3.63, 3.8) is 0 Å². The molecule has 1 rings (SSSR count). The summed E-state index contributed by atoms with van der Waals surface area (Å²) in [4.78, 5) is 11.2. The second kappa shape index (κ2) is 7.05. The van der Waals surface area contributed by atoms with Gasteiger partial charge in [-0.2, -0.15) is 0 Å². The van der Waals surface area contributed by atoms with Crippen molar-refractivity contribution < 1.29 is 4.79 Å². The molecule has 0 saturated carbocycles. The Morgan fingerprint density at radius 1 is 1.06 bits per heavy atom. The Bertz CT molecular complexity index is 384. The molecule has 1 aromatic carbocycles. The number of hydrogen-bond acceptors (Lipinski definition) is 1. The summed E-state index contributed by atoms with van der Waals surface area (Å²) in [6.07, 6.45) is 6.90. The van der Waals surface area contributed by atoms with Gasteiger partial charge in [0.2, 0.25) is 0 Å². The first kappa shape index (κ1) is 13.7. The molecule has 0 spiro atoms. The van der Waals surface area contributed by atoms with E-state index in [4.69, 9.17) is 0 Å². The van der Waals surface area contributed by atoms with Crippen LogP contribution in [0.25, 0.3) is 5.57 Å². The molecule has 92 valence electrons. The molecule has 0 radical (unpaired) electrons. The van der Waals surface area contributed by atoms with Gasteiger partial charge < -0.3 is 0 Å². The van der Waals surface area contributed by atoms with Crippen LogP contribution in [-0.2, 0) is 0 Å². The largest absolute Gasteiger partial charge is 0.295 e. The van der Waals surface area contributed by atoms with Crippen LogP contribution in [0.1, 0.15) is 62.4 Å². The van der Waals surface area contributed by atoms with Crippen molar-refractivity contribution in [3.8, 4) is 0 Å². The highest BCUT2D eigenvalue weighted by Gasteiger charge is 2.02. The van der Waals surface area contributed by atoms with Crippen LogP contribution >= 0.6 is 0 Å². The summed E-state index contributed by atoms with van der Waals surface area (Å²) in [6.45, 7) is 6.00. The Morgan fingerprint density at radius 3 is 2.12 bits per heavy atom. The summed E-state index contributed by atoms with van der Waals surface area (Å²) in [5.41, 5.74) is 3.45. The van der Waals surface area contributed by atoms with Crippen molar-refractivity contribution in [2.75, 3.05) is 0 Å². The fraction of sp³-hybridized carbons (Fsp3) is 0.438. The Labute approximate surface area is 105 Å². The van der Waals surface area contributed by atoms with E-state index in [0.717, 1.165) is 24.8 Å². The Morgan fingerprint density at radius 2 is 1.65 bits per heavy atom. The maximum Gasteiger partial charge on any atom is 0.159 e. The van der Waals surface area contributed by atoms with Crippen molar-refractivity contribution in [2.24, 2.45) is 0 Å². The van der Waals surface area contributed by atoms with Crippen LogP contribution in [0.15, 0.2) is 30.3 Å². The van der Waals surface area contributed by atoms with Crippen molar-refractivity contribution in [1.29, 1.82) is 0 Å². The Kier molecular flexibility index (Phi) is 5.68. The molecule has 1 heteroatoms. The third-order valence-electron chi connectivity index (χ3n) is 2.86. The van der Waals surface area contributed by atoms with E-state index in [1.54, 1.807) is 6.92 Å². The van der Waals surface area contributed by atoms with E-state index < -0.39 is 0 Å². The molecule has 0 aliphatic carbocycles. The van der Waals surface area contributed by atoms with Gasteiger partial charge in [-0.3, -0.25) is 4.79 Å². The smallest absolute Gasteiger partial charge is 0.159 e. The molecule has 0 saturated heterocycles. The van der Waals surface area contributed by atoms with Gasteiger partial charge in [-0.25, -0.2) is 0 Å². The van der Waals surface area contributed by atoms with E-state index >= 15 is 0 Å². The number of allylic oxidation sites excluding steroid dienone is 2. The van der Waals surface area contributed by atoms with Crippen molar-refractivity contribution in [1.82, 2.24) is 0 Å². The van der Waals surface area contributed by atoms with Gasteiger partial charge in [0.05, 0.1) is 0 Å². The first-order valence-corrected chi connectivity index (χ1v) is 6.49. The summed E-state index contributed by atoms with van der Waals surface area (Å²) in [6, 6.07) is 7.97. The molecular weight excluding hydrogens is 208 g/mol. The summed E-state index contributed by atoms with van der Waals surface area (Å²) >= 11 is 0. The lowest BCUT2D eigenvalue weighted by Gasteiger charge is -2.07. The topological polar surface area (TPSA) is 17.1 Å².